The molecule has 0 saturated carbocycles. The molecule has 0 unspecified atom stereocenters. The molecule has 0 aliphatic carbocycles. The average Bonchev–Trinajstić information content (AvgIpc) is 2.58. The molecule has 24 heavy (non-hydrogen) atoms. The highest BCUT2D eigenvalue weighted by Gasteiger charge is 2.15. The Hall–Kier alpha value is -3.42. The first kappa shape index (κ1) is 15.5. The fraction of sp³-hybridized carbons (Fsp3) is 0.125. The van der Waals surface area contributed by atoms with Crippen LogP contribution < -0.4 is 15.5 Å². The summed E-state index contributed by atoms with van der Waals surface area (Å²) in [7, 11) is 0. The van der Waals surface area contributed by atoms with Crippen molar-refractivity contribution in [2.24, 2.45) is 5.10 Å². The van der Waals surface area contributed by atoms with E-state index >= 15 is 0 Å². The lowest BCUT2D eigenvalue weighted by molar-refractivity contribution is -0.121. The van der Waals surface area contributed by atoms with Gasteiger partial charge in [0.1, 0.15) is 5.75 Å². The van der Waals surface area contributed by atoms with E-state index in [0.29, 0.717) is 24.1 Å². The molecule has 8 nitrogen and oxygen atoms in total. The Kier molecular flexibility index (Phi) is 4.37. The lowest BCUT2D eigenvalue weighted by Crippen LogP contribution is -2.25. The molecule has 122 valence electrons. The summed E-state index contributed by atoms with van der Waals surface area (Å²) in [4.78, 5) is 26.8. The standard InChI is InChI=1S/C16H14N4O4/c21-13-9-10(11-6-7-14(22)20-19-11)4-5-12(13)18-16(23)24-15-3-1-2-8-17-15/h1-5,8-9,21H,6-7H2,(H,18,23)(H,20,22). The number of hydrogen-bond donors (Lipinski definition) is 3. The van der Waals surface area contributed by atoms with Crippen LogP contribution in [0.3, 0.4) is 0 Å². The highest BCUT2D eigenvalue weighted by molar-refractivity contribution is 6.05. The van der Waals surface area contributed by atoms with E-state index in [1.165, 1.54) is 24.4 Å². The Morgan fingerprint density at radius 1 is 1.25 bits per heavy atom. The molecule has 2 heterocycles. The molecular weight excluding hydrogens is 312 g/mol. The van der Waals surface area contributed by atoms with Crippen LogP contribution in [-0.2, 0) is 4.79 Å². The molecule has 3 N–H and O–H groups in total. The lowest BCUT2D eigenvalue weighted by Gasteiger charge is -2.13. The normalized spacial score (nSPS) is 13.7. The van der Waals surface area contributed by atoms with E-state index < -0.39 is 6.09 Å². The maximum Gasteiger partial charge on any atom is 0.418 e. The van der Waals surface area contributed by atoms with Gasteiger partial charge in [-0.1, -0.05) is 12.1 Å². The third-order valence-electron chi connectivity index (χ3n) is 3.31. The maximum absolute atomic E-state index is 11.8. The summed E-state index contributed by atoms with van der Waals surface area (Å²) >= 11 is 0. The van der Waals surface area contributed by atoms with Gasteiger partial charge in [0.15, 0.2) is 0 Å². The SMILES string of the molecule is O=C1CCC(c2ccc(NC(=O)Oc3ccccn3)c(O)c2)=NN1. The fourth-order valence-electron chi connectivity index (χ4n) is 2.14. The molecule has 0 fully saturated rings. The minimum atomic E-state index is -0.765. The van der Waals surface area contributed by atoms with E-state index in [1.54, 1.807) is 18.2 Å². The summed E-state index contributed by atoms with van der Waals surface area (Å²) in [6.45, 7) is 0. The number of anilines is 1. The van der Waals surface area contributed by atoms with Crippen molar-refractivity contribution >= 4 is 23.4 Å². The van der Waals surface area contributed by atoms with Crippen LogP contribution in [0, 0.1) is 0 Å². The topological polar surface area (TPSA) is 113 Å². The van der Waals surface area contributed by atoms with Crippen LogP contribution in [-0.4, -0.2) is 27.8 Å². The van der Waals surface area contributed by atoms with Crippen LogP contribution in [0.4, 0.5) is 10.5 Å². The second-order valence-corrected chi connectivity index (χ2v) is 5.01. The maximum atomic E-state index is 11.8. The van der Waals surface area contributed by atoms with Gasteiger partial charge < -0.3 is 9.84 Å². The summed E-state index contributed by atoms with van der Waals surface area (Å²) < 4.78 is 4.99. The molecule has 2 aromatic rings. The summed E-state index contributed by atoms with van der Waals surface area (Å²) in [6, 6.07) is 9.61. The number of hydrogen-bond acceptors (Lipinski definition) is 6. The van der Waals surface area contributed by atoms with E-state index in [0.717, 1.165) is 0 Å². The Morgan fingerprint density at radius 3 is 2.79 bits per heavy atom. The third kappa shape index (κ3) is 3.67. The van der Waals surface area contributed by atoms with Gasteiger partial charge in [-0.2, -0.15) is 5.10 Å². The van der Waals surface area contributed by atoms with Gasteiger partial charge in [-0.05, 0) is 18.2 Å². The summed E-state index contributed by atoms with van der Waals surface area (Å²) in [6.07, 6.45) is 1.56. The van der Waals surface area contributed by atoms with Crippen LogP contribution in [0.25, 0.3) is 0 Å². The smallest absolute Gasteiger partial charge is 0.418 e. The van der Waals surface area contributed by atoms with Crippen molar-refractivity contribution in [3.8, 4) is 11.6 Å². The average molecular weight is 326 g/mol. The molecule has 0 saturated heterocycles. The highest BCUT2D eigenvalue weighted by Crippen LogP contribution is 2.26. The van der Waals surface area contributed by atoms with Gasteiger partial charge in [0.05, 0.1) is 11.4 Å². The quantitative estimate of drug-likeness (QED) is 0.747. The van der Waals surface area contributed by atoms with Gasteiger partial charge in [-0.25, -0.2) is 15.2 Å². The predicted octanol–water partition coefficient (Wildman–Crippen LogP) is 2.01. The van der Waals surface area contributed by atoms with Crippen LogP contribution in [0.1, 0.15) is 18.4 Å². The Bertz CT molecular complexity index is 805. The first-order valence-electron chi connectivity index (χ1n) is 7.20. The first-order valence-corrected chi connectivity index (χ1v) is 7.20. The number of rotatable bonds is 3. The second kappa shape index (κ2) is 6.78. The molecule has 8 heteroatoms. The van der Waals surface area contributed by atoms with Crippen molar-refractivity contribution in [3.63, 3.8) is 0 Å². The number of benzene rings is 1. The van der Waals surface area contributed by atoms with Crippen LogP contribution in [0.5, 0.6) is 11.6 Å². The van der Waals surface area contributed by atoms with Crippen molar-refractivity contribution in [2.75, 3.05) is 5.32 Å². The first-order chi connectivity index (χ1) is 11.6. The Morgan fingerprint density at radius 2 is 2.12 bits per heavy atom. The molecule has 1 aliphatic heterocycles. The number of carbonyl (C=O) groups is 2. The molecule has 0 spiro atoms. The molecular formula is C16H14N4O4. The molecule has 0 atom stereocenters. The second-order valence-electron chi connectivity index (χ2n) is 5.01. The van der Waals surface area contributed by atoms with Crippen molar-refractivity contribution in [2.45, 2.75) is 12.8 Å². The number of nitrogens with zero attached hydrogens (tertiary/aromatic N) is 2. The van der Waals surface area contributed by atoms with Gasteiger partial charge in [0, 0.05) is 30.7 Å². The van der Waals surface area contributed by atoms with Crippen LogP contribution in [0.2, 0.25) is 0 Å². The number of hydrazone groups is 1. The predicted molar refractivity (Wildman–Crippen MR) is 85.9 cm³/mol. The van der Waals surface area contributed by atoms with Crippen molar-refractivity contribution < 1.29 is 19.4 Å². The number of amides is 2. The minimum absolute atomic E-state index is 0.134. The number of phenols is 1. The third-order valence-corrected chi connectivity index (χ3v) is 3.31. The summed E-state index contributed by atoms with van der Waals surface area (Å²) in [5.74, 6) is -0.123. The van der Waals surface area contributed by atoms with E-state index in [1.807, 2.05) is 0 Å². The molecule has 0 bridgehead atoms. The number of pyridine rings is 1. The number of phenolic OH excluding ortho intramolecular Hbond substituents is 1. The van der Waals surface area contributed by atoms with E-state index in [2.05, 4.69) is 20.8 Å². The van der Waals surface area contributed by atoms with Crippen LogP contribution in [0.15, 0.2) is 47.7 Å². The number of aromatic nitrogens is 1. The number of ether oxygens (including phenoxy) is 1. The fourth-order valence-corrected chi connectivity index (χ4v) is 2.14. The van der Waals surface area contributed by atoms with E-state index in [4.69, 9.17) is 4.74 Å². The van der Waals surface area contributed by atoms with Crippen molar-refractivity contribution in [1.29, 1.82) is 0 Å². The molecule has 1 aromatic carbocycles. The summed E-state index contributed by atoms with van der Waals surface area (Å²) in [5.41, 5.74) is 3.91. The van der Waals surface area contributed by atoms with Crippen molar-refractivity contribution in [1.82, 2.24) is 10.4 Å². The minimum Gasteiger partial charge on any atom is -0.506 e. The van der Waals surface area contributed by atoms with Gasteiger partial charge >= 0.3 is 6.09 Å². The Labute approximate surface area is 137 Å². The zero-order chi connectivity index (χ0) is 16.9. The van der Waals surface area contributed by atoms with E-state index in [-0.39, 0.29) is 23.2 Å². The number of aromatic hydroxyl groups is 1. The zero-order valence-corrected chi connectivity index (χ0v) is 12.5. The van der Waals surface area contributed by atoms with Gasteiger partial charge in [0.2, 0.25) is 11.8 Å². The molecule has 3 rings (SSSR count). The molecule has 2 amide bonds. The Balaban J connectivity index is 1.69. The van der Waals surface area contributed by atoms with Gasteiger partial charge in [-0.3, -0.25) is 10.1 Å². The number of nitrogens with one attached hydrogen (secondary N) is 2. The highest BCUT2D eigenvalue weighted by atomic mass is 16.6. The van der Waals surface area contributed by atoms with Gasteiger partial charge in [-0.15, -0.1) is 0 Å². The zero-order valence-electron chi connectivity index (χ0n) is 12.5. The monoisotopic (exact) mass is 326 g/mol. The lowest BCUT2D eigenvalue weighted by atomic mass is 10.0. The largest absolute Gasteiger partial charge is 0.506 e. The van der Waals surface area contributed by atoms with Crippen molar-refractivity contribution in [3.05, 3.63) is 48.2 Å². The molecule has 1 aromatic heterocycles. The van der Waals surface area contributed by atoms with Crippen LogP contribution >= 0.6 is 0 Å². The molecule has 0 radical (unpaired) electrons. The summed E-state index contributed by atoms with van der Waals surface area (Å²) in [5, 5.41) is 16.4. The van der Waals surface area contributed by atoms with E-state index in [9.17, 15) is 14.7 Å². The number of carbonyl (C=O) groups excluding carboxylic acids is 2. The van der Waals surface area contributed by atoms with Gasteiger partial charge in [0.25, 0.3) is 0 Å². The molecule has 1 aliphatic rings.